The molecule has 218 valence electrons. The van der Waals surface area contributed by atoms with Gasteiger partial charge in [-0.1, -0.05) is 13.8 Å². The summed E-state index contributed by atoms with van der Waals surface area (Å²) in [5, 5.41) is 8.86. The lowest BCUT2D eigenvalue weighted by molar-refractivity contribution is -0.118. The fourth-order valence-electron chi connectivity index (χ4n) is 4.60. The third kappa shape index (κ3) is 5.45. The second-order valence-electron chi connectivity index (χ2n) is 10.5. The molecule has 6 aromatic rings. The van der Waals surface area contributed by atoms with Gasteiger partial charge in [0.1, 0.15) is 16.7 Å². The van der Waals surface area contributed by atoms with Crippen LogP contribution in [0, 0.1) is 11.7 Å². The molecule has 0 aliphatic heterocycles. The SMILES string of the molecule is CC(C)C(=O)Nc1cncc(-c2ccc3[nH]nc(-c4nc5c(-c6cc(F)cc(C(N)S(C)(=O)=O)c6)cncc5[nH]4)c3n2)c1. The van der Waals surface area contributed by atoms with Crippen molar-refractivity contribution in [3.63, 3.8) is 0 Å². The number of H-pyrrole nitrogens is 2. The van der Waals surface area contributed by atoms with E-state index in [4.69, 9.17) is 15.7 Å². The normalized spacial score (nSPS) is 12.7. The Kier molecular flexibility index (Phi) is 6.94. The Morgan fingerprint density at radius 2 is 1.74 bits per heavy atom. The first-order valence-corrected chi connectivity index (χ1v) is 15.1. The molecule has 0 radical (unpaired) electrons. The van der Waals surface area contributed by atoms with Crippen LogP contribution in [-0.2, 0) is 14.6 Å². The van der Waals surface area contributed by atoms with Crippen LogP contribution in [0.3, 0.4) is 0 Å². The van der Waals surface area contributed by atoms with Gasteiger partial charge in [-0.25, -0.2) is 22.8 Å². The zero-order valence-corrected chi connectivity index (χ0v) is 24.1. The fourth-order valence-corrected chi connectivity index (χ4v) is 5.23. The first-order valence-electron chi connectivity index (χ1n) is 13.2. The maximum Gasteiger partial charge on any atom is 0.226 e. The Hall–Kier alpha value is -5.08. The summed E-state index contributed by atoms with van der Waals surface area (Å²) in [6.07, 6.45) is 7.32. The molecule has 5 heterocycles. The number of sulfone groups is 1. The van der Waals surface area contributed by atoms with E-state index in [2.05, 4.69) is 30.5 Å². The summed E-state index contributed by atoms with van der Waals surface area (Å²) < 4.78 is 38.7. The van der Waals surface area contributed by atoms with Gasteiger partial charge in [0.25, 0.3) is 0 Å². The van der Waals surface area contributed by atoms with Crippen LogP contribution in [0.2, 0.25) is 0 Å². The van der Waals surface area contributed by atoms with Crippen molar-refractivity contribution in [3.05, 3.63) is 72.6 Å². The first-order chi connectivity index (χ1) is 20.5. The van der Waals surface area contributed by atoms with Crippen LogP contribution in [0.25, 0.3) is 56.0 Å². The van der Waals surface area contributed by atoms with E-state index >= 15 is 0 Å². The van der Waals surface area contributed by atoms with E-state index < -0.39 is 21.0 Å². The predicted octanol–water partition coefficient (Wildman–Crippen LogP) is 4.36. The Bertz CT molecular complexity index is 2140. The maximum absolute atomic E-state index is 14.6. The zero-order valence-electron chi connectivity index (χ0n) is 23.3. The summed E-state index contributed by atoms with van der Waals surface area (Å²) in [4.78, 5) is 33.5. The minimum absolute atomic E-state index is 0.114. The molecular weight excluding hydrogens is 573 g/mol. The highest BCUT2D eigenvalue weighted by atomic mass is 32.2. The largest absolute Gasteiger partial charge is 0.335 e. The summed E-state index contributed by atoms with van der Waals surface area (Å²) in [6, 6.07) is 9.34. The average molecular weight is 600 g/mol. The number of hydrogen-bond acceptors (Lipinski definition) is 9. The van der Waals surface area contributed by atoms with E-state index in [1.807, 2.05) is 26.0 Å². The van der Waals surface area contributed by atoms with Crippen molar-refractivity contribution in [2.75, 3.05) is 11.6 Å². The molecular formula is C29H26FN9O3S. The van der Waals surface area contributed by atoms with E-state index in [1.54, 1.807) is 24.7 Å². The van der Waals surface area contributed by atoms with Crippen LogP contribution < -0.4 is 11.1 Å². The topological polar surface area (TPSA) is 185 Å². The third-order valence-corrected chi connectivity index (χ3v) is 8.07. The highest BCUT2D eigenvalue weighted by Gasteiger charge is 2.22. The number of carbonyl (C=O) groups is 1. The molecule has 0 spiro atoms. The maximum atomic E-state index is 14.6. The van der Waals surface area contributed by atoms with Crippen LogP contribution in [0.4, 0.5) is 10.1 Å². The number of benzene rings is 1. The predicted molar refractivity (Wildman–Crippen MR) is 161 cm³/mol. The van der Waals surface area contributed by atoms with E-state index in [0.29, 0.717) is 61.7 Å². The highest BCUT2D eigenvalue weighted by molar-refractivity contribution is 7.90. The second kappa shape index (κ2) is 10.6. The number of anilines is 1. The monoisotopic (exact) mass is 599 g/mol. The van der Waals surface area contributed by atoms with Gasteiger partial charge in [0, 0.05) is 35.7 Å². The van der Waals surface area contributed by atoms with Crippen LogP contribution >= 0.6 is 0 Å². The smallest absolute Gasteiger partial charge is 0.226 e. The molecule has 1 unspecified atom stereocenters. The minimum atomic E-state index is -3.66. The summed E-state index contributed by atoms with van der Waals surface area (Å²) in [5.74, 6) is -0.553. The van der Waals surface area contributed by atoms with Crippen molar-refractivity contribution in [2.45, 2.75) is 19.2 Å². The number of aromatic nitrogens is 7. The van der Waals surface area contributed by atoms with Gasteiger partial charge in [-0.05, 0) is 47.5 Å². The van der Waals surface area contributed by atoms with E-state index in [-0.39, 0.29) is 17.4 Å². The molecule has 1 aromatic carbocycles. The number of rotatable bonds is 7. The number of halogens is 1. The van der Waals surface area contributed by atoms with Gasteiger partial charge in [-0.2, -0.15) is 5.10 Å². The summed E-state index contributed by atoms with van der Waals surface area (Å²) in [5.41, 5.74) is 11.4. The number of pyridine rings is 3. The summed E-state index contributed by atoms with van der Waals surface area (Å²) in [7, 11) is -3.66. The summed E-state index contributed by atoms with van der Waals surface area (Å²) >= 11 is 0. The second-order valence-corrected chi connectivity index (χ2v) is 12.6. The summed E-state index contributed by atoms with van der Waals surface area (Å²) in [6.45, 7) is 3.62. The number of nitrogens with two attached hydrogens (primary N) is 1. The number of imidazole rings is 1. The number of nitrogens with zero attached hydrogens (tertiary/aromatic N) is 5. The van der Waals surface area contributed by atoms with Crippen molar-refractivity contribution in [1.29, 1.82) is 0 Å². The quantitative estimate of drug-likeness (QED) is 0.207. The molecule has 14 heteroatoms. The number of fused-ring (bicyclic) bond motifs is 2. The van der Waals surface area contributed by atoms with E-state index in [0.717, 1.165) is 12.3 Å². The number of nitrogens with one attached hydrogen (secondary N) is 3. The molecule has 0 bridgehead atoms. The molecule has 1 amide bonds. The van der Waals surface area contributed by atoms with E-state index in [9.17, 15) is 17.6 Å². The van der Waals surface area contributed by atoms with E-state index in [1.165, 1.54) is 18.3 Å². The van der Waals surface area contributed by atoms with Gasteiger partial charge in [-0.3, -0.25) is 19.9 Å². The lowest BCUT2D eigenvalue weighted by Gasteiger charge is -2.12. The molecule has 0 saturated heterocycles. The van der Waals surface area contributed by atoms with Crippen LogP contribution in [0.5, 0.6) is 0 Å². The van der Waals surface area contributed by atoms with Crippen LogP contribution in [0.15, 0.2) is 61.2 Å². The van der Waals surface area contributed by atoms with Gasteiger partial charge >= 0.3 is 0 Å². The molecule has 5 N–H and O–H groups in total. The Balaban J connectivity index is 1.41. The van der Waals surface area contributed by atoms with Crippen molar-refractivity contribution < 1.29 is 17.6 Å². The molecule has 0 saturated carbocycles. The fraction of sp³-hybridized carbons (Fsp3) is 0.172. The third-order valence-electron chi connectivity index (χ3n) is 6.87. The van der Waals surface area contributed by atoms with Gasteiger partial charge in [0.2, 0.25) is 5.91 Å². The molecule has 0 fully saturated rings. The lowest BCUT2D eigenvalue weighted by atomic mass is 10.0. The molecule has 12 nitrogen and oxygen atoms in total. The highest BCUT2D eigenvalue weighted by Crippen LogP contribution is 2.33. The van der Waals surface area contributed by atoms with Gasteiger partial charge in [0.05, 0.1) is 40.3 Å². The molecule has 5 aromatic heterocycles. The number of amides is 1. The molecule has 0 aliphatic carbocycles. The number of carbonyl (C=O) groups excluding carboxylic acids is 1. The number of aromatic amines is 2. The lowest BCUT2D eigenvalue weighted by Crippen LogP contribution is -2.20. The van der Waals surface area contributed by atoms with Crippen LogP contribution in [0.1, 0.15) is 24.8 Å². The Morgan fingerprint density at radius 3 is 2.51 bits per heavy atom. The van der Waals surface area contributed by atoms with Crippen molar-refractivity contribution in [3.8, 4) is 33.9 Å². The molecule has 1 atom stereocenters. The Labute approximate surface area is 244 Å². The molecule has 43 heavy (non-hydrogen) atoms. The molecule has 6 rings (SSSR count). The van der Waals surface area contributed by atoms with Gasteiger partial charge in [-0.15, -0.1) is 0 Å². The first kappa shape index (κ1) is 28.1. The average Bonchev–Trinajstić information content (AvgIpc) is 3.59. The van der Waals surface area contributed by atoms with Crippen molar-refractivity contribution in [2.24, 2.45) is 11.7 Å². The van der Waals surface area contributed by atoms with Gasteiger partial charge in [0.15, 0.2) is 21.4 Å². The molecule has 0 aliphatic rings. The number of hydrogen-bond donors (Lipinski definition) is 4. The zero-order chi connectivity index (χ0) is 30.5. The van der Waals surface area contributed by atoms with Gasteiger partial charge < -0.3 is 16.0 Å². The minimum Gasteiger partial charge on any atom is -0.335 e. The standard InChI is InChI=1S/C29H26FN9O3S/c1-14(2)29(40)34-19-9-17(10-32-11-19)21-4-5-22-25(35-21)26(39-38-22)28-36-23-13-33-12-20(24(23)37-28)15-6-16(8-18(30)7-15)27(31)43(3,41)42/h4-14,27H,31H2,1-3H3,(H,34,40)(H,36,37)(H,38,39). The Morgan fingerprint density at radius 1 is 0.953 bits per heavy atom. The van der Waals surface area contributed by atoms with Crippen molar-refractivity contribution in [1.82, 2.24) is 35.1 Å². The van der Waals surface area contributed by atoms with Crippen LogP contribution in [-0.4, -0.2) is 55.7 Å². The van der Waals surface area contributed by atoms with Crippen molar-refractivity contribution >= 4 is 43.5 Å².